The number of piperidine rings is 2. The number of fused-ring (bicyclic) bond motifs is 2. The molecule has 28 heavy (non-hydrogen) atoms. The number of anilines is 1. The van der Waals surface area contributed by atoms with Gasteiger partial charge in [0.25, 0.3) is 5.91 Å². The second-order valence-corrected chi connectivity index (χ2v) is 9.07. The van der Waals surface area contributed by atoms with Crippen molar-refractivity contribution in [2.24, 2.45) is 11.8 Å². The number of pyridine rings is 1. The third-order valence-corrected chi connectivity index (χ3v) is 7.25. The van der Waals surface area contributed by atoms with Gasteiger partial charge in [0, 0.05) is 51.4 Å². The summed E-state index contributed by atoms with van der Waals surface area (Å²) in [5.74, 6) is 2.79. The smallest absolute Gasteiger partial charge is 0.255 e. The SMILES string of the molecule is O=C1CCCN1CC1CCN(C(=O)c2ccc(N3C[C@H]4CC[C@H]3C4)nc2)CC1. The van der Waals surface area contributed by atoms with Gasteiger partial charge in [0.2, 0.25) is 5.91 Å². The van der Waals surface area contributed by atoms with E-state index in [2.05, 4.69) is 9.88 Å². The van der Waals surface area contributed by atoms with Crippen molar-refractivity contribution in [3.05, 3.63) is 23.9 Å². The lowest BCUT2D eigenvalue weighted by atomic mass is 9.96. The van der Waals surface area contributed by atoms with E-state index in [1.807, 2.05) is 21.9 Å². The van der Waals surface area contributed by atoms with Crippen molar-refractivity contribution in [3.8, 4) is 0 Å². The lowest BCUT2D eigenvalue weighted by Crippen LogP contribution is -2.42. The number of hydrogen-bond acceptors (Lipinski definition) is 4. The molecular formula is C22H30N4O2. The molecule has 6 heteroatoms. The first-order chi connectivity index (χ1) is 13.7. The summed E-state index contributed by atoms with van der Waals surface area (Å²) in [4.78, 5) is 35.7. The second kappa shape index (κ2) is 7.37. The Morgan fingerprint density at radius 1 is 1.11 bits per heavy atom. The molecular weight excluding hydrogens is 352 g/mol. The molecule has 0 aromatic carbocycles. The number of amides is 2. The predicted octanol–water partition coefficient (Wildman–Crippen LogP) is 2.54. The van der Waals surface area contributed by atoms with E-state index in [-0.39, 0.29) is 5.91 Å². The van der Waals surface area contributed by atoms with Crippen LogP contribution in [0.25, 0.3) is 0 Å². The summed E-state index contributed by atoms with van der Waals surface area (Å²) in [6.45, 7) is 4.47. The molecule has 0 spiro atoms. The summed E-state index contributed by atoms with van der Waals surface area (Å²) >= 11 is 0. The van der Waals surface area contributed by atoms with E-state index in [1.54, 1.807) is 6.20 Å². The highest BCUT2D eigenvalue weighted by Gasteiger charge is 2.38. The average Bonchev–Trinajstić information content (AvgIpc) is 3.46. The summed E-state index contributed by atoms with van der Waals surface area (Å²) in [5, 5.41) is 0. The highest BCUT2D eigenvalue weighted by Crippen LogP contribution is 2.39. The fourth-order valence-electron chi connectivity index (χ4n) is 5.60. The van der Waals surface area contributed by atoms with Gasteiger partial charge in [0.15, 0.2) is 0 Å². The number of hydrogen-bond donors (Lipinski definition) is 0. The Kier molecular flexibility index (Phi) is 4.73. The van der Waals surface area contributed by atoms with E-state index >= 15 is 0 Å². The fourth-order valence-corrected chi connectivity index (χ4v) is 5.60. The minimum Gasteiger partial charge on any atom is -0.353 e. The molecule has 1 saturated carbocycles. The van der Waals surface area contributed by atoms with Crippen LogP contribution < -0.4 is 4.90 Å². The Morgan fingerprint density at radius 3 is 2.57 bits per heavy atom. The molecule has 3 saturated heterocycles. The van der Waals surface area contributed by atoms with E-state index in [0.29, 0.717) is 29.9 Å². The maximum Gasteiger partial charge on any atom is 0.255 e. The van der Waals surface area contributed by atoms with Crippen LogP contribution in [0.2, 0.25) is 0 Å². The lowest BCUT2D eigenvalue weighted by Gasteiger charge is -2.34. The molecule has 0 unspecified atom stereocenters. The van der Waals surface area contributed by atoms with Crippen molar-refractivity contribution in [2.45, 2.75) is 51.0 Å². The molecule has 4 aliphatic rings. The van der Waals surface area contributed by atoms with Gasteiger partial charge in [-0.15, -0.1) is 0 Å². The van der Waals surface area contributed by atoms with E-state index in [1.165, 1.54) is 19.3 Å². The van der Waals surface area contributed by atoms with Crippen LogP contribution >= 0.6 is 0 Å². The fraction of sp³-hybridized carbons (Fsp3) is 0.682. The van der Waals surface area contributed by atoms with E-state index < -0.39 is 0 Å². The van der Waals surface area contributed by atoms with Gasteiger partial charge in [-0.1, -0.05) is 0 Å². The van der Waals surface area contributed by atoms with Crippen LogP contribution in [0.15, 0.2) is 18.3 Å². The molecule has 4 heterocycles. The van der Waals surface area contributed by atoms with Crippen LogP contribution in [0.5, 0.6) is 0 Å². The molecule has 2 amide bonds. The normalized spacial score (nSPS) is 27.9. The van der Waals surface area contributed by atoms with Crippen molar-refractivity contribution in [3.63, 3.8) is 0 Å². The van der Waals surface area contributed by atoms with Gasteiger partial charge in [-0.2, -0.15) is 0 Å². The van der Waals surface area contributed by atoms with Crippen LogP contribution in [0, 0.1) is 11.8 Å². The Hall–Kier alpha value is -2.11. The molecule has 3 aliphatic heterocycles. The minimum atomic E-state index is 0.0951. The molecule has 0 radical (unpaired) electrons. The van der Waals surface area contributed by atoms with Gasteiger partial charge in [0.1, 0.15) is 5.82 Å². The van der Waals surface area contributed by atoms with Crippen molar-refractivity contribution in [2.75, 3.05) is 37.6 Å². The number of rotatable bonds is 4. The maximum atomic E-state index is 12.9. The van der Waals surface area contributed by atoms with Crippen molar-refractivity contribution < 1.29 is 9.59 Å². The minimum absolute atomic E-state index is 0.0951. The van der Waals surface area contributed by atoms with Crippen LogP contribution in [0.1, 0.15) is 55.3 Å². The maximum absolute atomic E-state index is 12.9. The Bertz CT molecular complexity index is 741. The zero-order valence-corrected chi connectivity index (χ0v) is 16.6. The van der Waals surface area contributed by atoms with Crippen LogP contribution in [-0.4, -0.2) is 65.4 Å². The van der Waals surface area contributed by atoms with Crippen LogP contribution in [0.3, 0.4) is 0 Å². The molecule has 0 N–H and O–H groups in total. The second-order valence-electron chi connectivity index (χ2n) is 9.07. The number of aromatic nitrogens is 1. The molecule has 2 bridgehead atoms. The quantitative estimate of drug-likeness (QED) is 0.803. The molecule has 5 rings (SSSR count). The summed E-state index contributed by atoms with van der Waals surface area (Å²) in [5.41, 5.74) is 0.696. The van der Waals surface area contributed by atoms with E-state index in [4.69, 9.17) is 0 Å². The Labute approximate surface area is 166 Å². The van der Waals surface area contributed by atoms with Gasteiger partial charge in [-0.25, -0.2) is 4.98 Å². The standard InChI is InChI=1S/C22H30N4O2/c27-21-2-1-9-25(21)14-16-7-10-24(11-8-16)22(28)18-4-6-20(23-13-18)26-15-17-3-5-19(26)12-17/h4,6,13,16-17,19H,1-3,5,7-12,14-15H2/t17-,19-/m0/s1. The number of carbonyl (C=O) groups is 2. The molecule has 4 fully saturated rings. The first kappa shape index (κ1) is 18.0. The first-order valence-electron chi connectivity index (χ1n) is 11.0. The highest BCUT2D eigenvalue weighted by atomic mass is 16.2. The van der Waals surface area contributed by atoms with Gasteiger partial charge < -0.3 is 14.7 Å². The van der Waals surface area contributed by atoms with Gasteiger partial charge in [0.05, 0.1) is 5.56 Å². The zero-order chi connectivity index (χ0) is 19.1. The molecule has 1 aliphatic carbocycles. The Balaban J connectivity index is 1.15. The van der Waals surface area contributed by atoms with Gasteiger partial charge in [-0.3, -0.25) is 9.59 Å². The van der Waals surface area contributed by atoms with Gasteiger partial charge in [-0.05, 0) is 62.5 Å². The first-order valence-corrected chi connectivity index (χ1v) is 11.0. The van der Waals surface area contributed by atoms with E-state index in [0.717, 1.165) is 63.7 Å². The molecule has 1 aromatic rings. The number of likely N-dealkylation sites (tertiary alicyclic amines) is 2. The summed E-state index contributed by atoms with van der Waals surface area (Å²) in [7, 11) is 0. The Morgan fingerprint density at radius 2 is 1.96 bits per heavy atom. The molecule has 150 valence electrons. The molecule has 2 atom stereocenters. The number of carbonyl (C=O) groups excluding carboxylic acids is 2. The largest absolute Gasteiger partial charge is 0.353 e. The average molecular weight is 383 g/mol. The zero-order valence-electron chi connectivity index (χ0n) is 16.6. The van der Waals surface area contributed by atoms with Crippen molar-refractivity contribution >= 4 is 17.6 Å². The third kappa shape index (κ3) is 3.38. The monoisotopic (exact) mass is 382 g/mol. The van der Waals surface area contributed by atoms with Gasteiger partial charge >= 0.3 is 0 Å². The van der Waals surface area contributed by atoms with Crippen LogP contribution in [0.4, 0.5) is 5.82 Å². The molecule has 6 nitrogen and oxygen atoms in total. The third-order valence-electron chi connectivity index (χ3n) is 7.25. The molecule has 1 aromatic heterocycles. The summed E-state index contributed by atoms with van der Waals surface area (Å²) in [6.07, 6.45) is 9.39. The van der Waals surface area contributed by atoms with Crippen molar-refractivity contribution in [1.82, 2.24) is 14.8 Å². The summed E-state index contributed by atoms with van der Waals surface area (Å²) in [6, 6.07) is 4.63. The van der Waals surface area contributed by atoms with Crippen LogP contribution in [-0.2, 0) is 4.79 Å². The summed E-state index contributed by atoms with van der Waals surface area (Å²) < 4.78 is 0. The van der Waals surface area contributed by atoms with E-state index in [9.17, 15) is 9.59 Å². The highest BCUT2D eigenvalue weighted by molar-refractivity contribution is 5.94. The predicted molar refractivity (Wildman–Crippen MR) is 107 cm³/mol. The number of nitrogens with zero attached hydrogens (tertiary/aromatic N) is 4. The van der Waals surface area contributed by atoms with Crippen molar-refractivity contribution in [1.29, 1.82) is 0 Å². The lowest BCUT2D eigenvalue weighted by molar-refractivity contribution is -0.128. The topological polar surface area (TPSA) is 56.8 Å².